The summed E-state index contributed by atoms with van der Waals surface area (Å²) in [7, 11) is 1.54. The molecule has 0 fully saturated rings. The molecule has 2 N–H and O–H groups in total. The summed E-state index contributed by atoms with van der Waals surface area (Å²) in [6, 6.07) is 8.04. The lowest BCUT2D eigenvalue weighted by molar-refractivity contribution is -0.131. The molecule has 5 nitrogen and oxygen atoms in total. The average molecular weight is 302 g/mol. The van der Waals surface area contributed by atoms with E-state index in [1.807, 2.05) is 18.2 Å². The minimum absolute atomic E-state index is 0.0441. The van der Waals surface area contributed by atoms with Crippen molar-refractivity contribution in [2.45, 2.75) is 24.9 Å². The highest BCUT2D eigenvalue weighted by Crippen LogP contribution is 2.28. The Labute approximate surface area is 130 Å². The van der Waals surface area contributed by atoms with Gasteiger partial charge in [-0.2, -0.15) is 0 Å². The van der Waals surface area contributed by atoms with Crippen LogP contribution in [0.15, 0.2) is 36.9 Å². The van der Waals surface area contributed by atoms with E-state index in [1.165, 1.54) is 23.6 Å². The lowest BCUT2D eigenvalue weighted by Gasteiger charge is -2.33. The molecule has 1 aliphatic carbocycles. The molecule has 1 aliphatic rings. The summed E-state index contributed by atoms with van der Waals surface area (Å²) >= 11 is 0. The van der Waals surface area contributed by atoms with E-state index in [2.05, 4.69) is 18.0 Å². The van der Waals surface area contributed by atoms with Gasteiger partial charge in [-0.05, 0) is 30.0 Å². The number of aryl methyl sites for hydroxylation is 1. The zero-order valence-electron chi connectivity index (χ0n) is 12.8. The summed E-state index contributed by atoms with van der Waals surface area (Å²) < 4.78 is 0. The molecule has 1 unspecified atom stereocenters. The van der Waals surface area contributed by atoms with Crippen LogP contribution in [0.5, 0.6) is 0 Å². The highest BCUT2D eigenvalue weighted by atomic mass is 16.3. The van der Waals surface area contributed by atoms with Crippen molar-refractivity contribution in [1.82, 2.24) is 10.2 Å². The fraction of sp³-hybridized carbons (Fsp3) is 0.412. The topological polar surface area (TPSA) is 69.6 Å². The van der Waals surface area contributed by atoms with Crippen molar-refractivity contribution < 1.29 is 14.7 Å². The van der Waals surface area contributed by atoms with Crippen molar-refractivity contribution in [1.29, 1.82) is 0 Å². The van der Waals surface area contributed by atoms with Crippen LogP contribution in [0.2, 0.25) is 0 Å². The van der Waals surface area contributed by atoms with E-state index < -0.39 is 5.60 Å². The molecular formula is C17H22N2O3. The van der Waals surface area contributed by atoms with Gasteiger partial charge in [0.1, 0.15) is 0 Å². The van der Waals surface area contributed by atoms with Crippen LogP contribution in [-0.4, -0.2) is 47.6 Å². The fourth-order valence-electron chi connectivity index (χ4n) is 2.70. The van der Waals surface area contributed by atoms with Crippen LogP contribution in [0.25, 0.3) is 0 Å². The van der Waals surface area contributed by atoms with E-state index in [-0.39, 0.29) is 24.9 Å². The number of likely N-dealkylation sites (N-methyl/N-ethyl adjacent to an activating group) is 1. The van der Waals surface area contributed by atoms with Gasteiger partial charge < -0.3 is 15.3 Å². The molecule has 0 saturated heterocycles. The highest BCUT2D eigenvalue weighted by molar-refractivity contribution is 5.90. The van der Waals surface area contributed by atoms with Crippen LogP contribution >= 0.6 is 0 Å². The van der Waals surface area contributed by atoms with Crippen LogP contribution in [0, 0.1) is 0 Å². The minimum atomic E-state index is -0.926. The summed E-state index contributed by atoms with van der Waals surface area (Å²) in [6.45, 7) is 3.52. The summed E-state index contributed by atoms with van der Waals surface area (Å²) in [5.74, 6) is -0.592. The molecule has 1 aromatic carbocycles. The van der Waals surface area contributed by atoms with Crippen LogP contribution in [-0.2, 0) is 22.4 Å². The maximum Gasteiger partial charge on any atom is 0.246 e. The molecule has 0 aromatic heterocycles. The highest BCUT2D eigenvalue weighted by Gasteiger charge is 2.32. The molecule has 118 valence electrons. The van der Waals surface area contributed by atoms with E-state index in [9.17, 15) is 14.7 Å². The van der Waals surface area contributed by atoms with E-state index >= 15 is 0 Å². The molecule has 2 amide bonds. The zero-order chi connectivity index (χ0) is 16.2. The molecule has 1 aromatic rings. The second-order valence-corrected chi connectivity index (χ2v) is 5.84. The molecule has 0 radical (unpaired) electrons. The van der Waals surface area contributed by atoms with E-state index in [1.54, 1.807) is 0 Å². The van der Waals surface area contributed by atoms with Gasteiger partial charge in [0, 0.05) is 20.0 Å². The minimum Gasteiger partial charge on any atom is -0.388 e. The number of hydrogen-bond donors (Lipinski definition) is 2. The van der Waals surface area contributed by atoms with Crippen molar-refractivity contribution in [2.24, 2.45) is 0 Å². The van der Waals surface area contributed by atoms with Gasteiger partial charge in [0.15, 0.2) is 0 Å². The number of hydrogen-bond acceptors (Lipinski definition) is 3. The van der Waals surface area contributed by atoms with Gasteiger partial charge in [0.25, 0.3) is 0 Å². The second-order valence-electron chi connectivity index (χ2n) is 5.84. The normalized spacial score (nSPS) is 19.9. The van der Waals surface area contributed by atoms with Gasteiger partial charge in [-0.15, -0.1) is 0 Å². The number of carbonyl (C=O) groups excluding carboxylic acids is 2. The maximum absolute atomic E-state index is 11.9. The number of benzene rings is 1. The molecule has 0 spiro atoms. The Bertz CT molecular complexity index is 585. The van der Waals surface area contributed by atoms with Gasteiger partial charge in [0.2, 0.25) is 11.8 Å². The van der Waals surface area contributed by atoms with Gasteiger partial charge >= 0.3 is 0 Å². The zero-order valence-corrected chi connectivity index (χ0v) is 12.8. The first-order chi connectivity index (χ1) is 10.4. The Hall–Kier alpha value is -2.14. The van der Waals surface area contributed by atoms with Crippen molar-refractivity contribution >= 4 is 11.8 Å². The van der Waals surface area contributed by atoms with E-state index in [0.29, 0.717) is 12.8 Å². The SMILES string of the molecule is C=CC(=O)N(C)CC(=O)NCC1(O)CCc2ccccc2C1. The third kappa shape index (κ3) is 3.95. The predicted octanol–water partition coefficient (Wildman–Crippen LogP) is 0.667. The molecular weight excluding hydrogens is 280 g/mol. The lowest BCUT2D eigenvalue weighted by Crippen LogP contribution is -2.48. The summed E-state index contributed by atoms with van der Waals surface area (Å²) in [6.07, 6.45) is 3.12. The first kappa shape index (κ1) is 16.2. The Balaban J connectivity index is 1.88. The molecule has 5 heteroatoms. The number of amides is 2. The van der Waals surface area contributed by atoms with Crippen LogP contribution in [0.4, 0.5) is 0 Å². The third-order valence-corrected chi connectivity index (χ3v) is 4.04. The first-order valence-corrected chi connectivity index (χ1v) is 7.37. The molecule has 0 heterocycles. The molecule has 22 heavy (non-hydrogen) atoms. The summed E-state index contributed by atoms with van der Waals surface area (Å²) in [5.41, 5.74) is 1.46. The van der Waals surface area contributed by atoms with Crippen LogP contribution in [0.1, 0.15) is 17.5 Å². The molecule has 0 saturated carbocycles. The quantitative estimate of drug-likeness (QED) is 0.785. The Kier molecular flexibility index (Phi) is 4.98. The summed E-state index contributed by atoms with van der Waals surface area (Å²) in [4.78, 5) is 24.5. The van der Waals surface area contributed by atoms with Crippen molar-refractivity contribution in [3.63, 3.8) is 0 Å². The number of aliphatic hydroxyl groups is 1. The number of carbonyl (C=O) groups is 2. The maximum atomic E-state index is 11.9. The molecule has 0 bridgehead atoms. The molecule has 2 rings (SSSR count). The Morgan fingerprint density at radius 2 is 2.09 bits per heavy atom. The monoisotopic (exact) mass is 302 g/mol. The number of fused-ring (bicyclic) bond motifs is 1. The standard InChI is InChI=1S/C17H22N2O3/c1-3-16(21)19(2)11-15(20)18-12-17(22)9-8-13-6-4-5-7-14(13)10-17/h3-7,22H,1,8-12H2,2H3,(H,18,20). The Morgan fingerprint density at radius 1 is 1.41 bits per heavy atom. The van der Waals surface area contributed by atoms with Crippen LogP contribution < -0.4 is 5.32 Å². The number of rotatable bonds is 5. The van der Waals surface area contributed by atoms with E-state index in [0.717, 1.165) is 12.0 Å². The van der Waals surface area contributed by atoms with Crippen molar-refractivity contribution in [3.8, 4) is 0 Å². The number of nitrogens with one attached hydrogen (secondary N) is 1. The van der Waals surface area contributed by atoms with Gasteiger partial charge in [0.05, 0.1) is 12.1 Å². The van der Waals surface area contributed by atoms with Gasteiger partial charge in [-0.25, -0.2) is 0 Å². The van der Waals surface area contributed by atoms with Gasteiger partial charge in [-0.1, -0.05) is 30.8 Å². The smallest absolute Gasteiger partial charge is 0.246 e. The molecule has 0 aliphatic heterocycles. The van der Waals surface area contributed by atoms with E-state index in [4.69, 9.17) is 0 Å². The lowest BCUT2D eigenvalue weighted by atomic mass is 9.80. The second kappa shape index (κ2) is 6.75. The van der Waals surface area contributed by atoms with Crippen LogP contribution in [0.3, 0.4) is 0 Å². The predicted molar refractivity (Wildman–Crippen MR) is 84.3 cm³/mol. The van der Waals surface area contributed by atoms with Crippen molar-refractivity contribution in [3.05, 3.63) is 48.0 Å². The summed E-state index contributed by atoms with van der Waals surface area (Å²) in [5, 5.41) is 13.4. The Morgan fingerprint density at radius 3 is 2.77 bits per heavy atom. The molecule has 1 atom stereocenters. The fourth-order valence-corrected chi connectivity index (χ4v) is 2.70. The third-order valence-electron chi connectivity index (χ3n) is 4.04. The van der Waals surface area contributed by atoms with Gasteiger partial charge in [-0.3, -0.25) is 9.59 Å². The first-order valence-electron chi connectivity index (χ1n) is 7.37. The largest absolute Gasteiger partial charge is 0.388 e. The van der Waals surface area contributed by atoms with Crippen molar-refractivity contribution in [2.75, 3.05) is 20.1 Å². The average Bonchev–Trinajstić information content (AvgIpc) is 2.52. The number of nitrogens with zero attached hydrogens (tertiary/aromatic N) is 1.